The fourth-order valence-electron chi connectivity index (χ4n) is 2.98. The van der Waals surface area contributed by atoms with Crippen molar-refractivity contribution in [2.45, 2.75) is 26.3 Å². The summed E-state index contributed by atoms with van der Waals surface area (Å²) in [6.07, 6.45) is 2.93. The van der Waals surface area contributed by atoms with E-state index in [2.05, 4.69) is 10.3 Å². The Balaban J connectivity index is 1.56. The highest BCUT2D eigenvalue weighted by Gasteiger charge is 2.29. The average Bonchev–Trinajstić information content (AvgIpc) is 3.11. The molecule has 0 N–H and O–H groups in total. The van der Waals surface area contributed by atoms with E-state index in [1.165, 1.54) is 0 Å². The number of esters is 1. The smallest absolute Gasteiger partial charge is 0.309 e. The summed E-state index contributed by atoms with van der Waals surface area (Å²) in [6.45, 7) is 3.84. The number of aromatic nitrogens is 3. The van der Waals surface area contributed by atoms with Crippen LogP contribution in [0.1, 0.15) is 35.8 Å². The number of nitrogens with zero attached hydrogens (tertiary/aromatic N) is 4. The van der Waals surface area contributed by atoms with Gasteiger partial charge in [-0.2, -0.15) is 0 Å². The minimum absolute atomic E-state index is 0.113. The van der Waals surface area contributed by atoms with Gasteiger partial charge in [-0.15, -0.1) is 5.10 Å². The zero-order chi connectivity index (χ0) is 17.6. The normalized spacial score (nSPS) is 15.2. The fraction of sp³-hybridized carbons (Fsp3) is 0.444. The third-order valence-electron chi connectivity index (χ3n) is 4.35. The monoisotopic (exact) mass is 342 g/mol. The molecule has 2 heterocycles. The van der Waals surface area contributed by atoms with Crippen molar-refractivity contribution in [1.82, 2.24) is 19.9 Å². The van der Waals surface area contributed by atoms with Crippen molar-refractivity contribution in [2.24, 2.45) is 5.92 Å². The molecule has 7 heteroatoms. The second-order valence-electron chi connectivity index (χ2n) is 6.11. The Bertz CT molecular complexity index is 721. The molecule has 1 aromatic carbocycles. The Kier molecular flexibility index (Phi) is 5.42. The second-order valence-corrected chi connectivity index (χ2v) is 6.11. The molecule has 25 heavy (non-hydrogen) atoms. The first-order valence-electron chi connectivity index (χ1n) is 8.57. The molecule has 1 amide bonds. The predicted octanol–water partition coefficient (Wildman–Crippen LogP) is 1.74. The highest BCUT2D eigenvalue weighted by atomic mass is 16.5. The quantitative estimate of drug-likeness (QED) is 0.774. The van der Waals surface area contributed by atoms with Crippen LogP contribution < -0.4 is 0 Å². The van der Waals surface area contributed by atoms with Crippen molar-refractivity contribution in [2.75, 3.05) is 19.7 Å². The number of carbonyl (C=O) groups excluding carboxylic acids is 2. The number of benzene rings is 1. The largest absolute Gasteiger partial charge is 0.466 e. The zero-order valence-corrected chi connectivity index (χ0v) is 14.3. The van der Waals surface area contributed by atoms with E-state index in [9.17, 15) is 9.59 Å². The van der Waals surface area contributed by atoms with Crippen LogP contribution in [0.4, 0.5) is 0 Å². The van der Waals surface area contributed by atoms with Gasteiger partial charge in [-0.1, -0.05) is 35.5 Å². The van der Waals surface area contributed by atoms with Crippen molar-refractivity contribution in [1.29, 1.82) is 0 Å². The summed E-state index contributed by atoms with van der Waals surface area (Å²) in [4.78, 5) is 26.1. The molecule has 3 rings (SSSR count). The number of carbonyl (C=O) groups is 2. The number of likely N-dealkylation sites (tertiary alicyclic amines) is 1. The van der Waals surface area contributed by atoms with Gasteiger partial charge in [0.25, 0.3) is 5.91 Å². The van der Waals surface area contributed by atoms with Gasteiger partial charge in [0.2, 0.25) is 0 Å². The van der Waals surface area contributed by atoms with Crippen molar-refractivity contribution >= 4 is 11.9 Å². The van der Waals surface area contributed by atoms with Crippen LogP contribution >= 0.6 is 0 Å². The van der Waals surface area contributed by atoms with E-state index >= 15 is 0 Å². The van der Waals surface area contributed by atoms with E-state index in [1.807, 2.05) is 30.3 Å². The fourth-order valence-corrected chi connectivity index (χ4v) is 2.98. The Morgan fingerprint density at radius 3 is 2.60 bits per heavy atom. The summed E-state index contributed by atoms with van der Waals surface area (Å²) in [5, 5.41) is 8.04. The Morgan fingerprint density at radius 1 is 1.20 bits per heavy atom. The van der Waals surface area contributed by atoms with Crippen LogP contribution in [-0.4, -0.2) is 51.5 Å². The minimum Gasteiger partial charge on any atom is -0.466 e. The van der Waals surface area contributed by atoms with E-state index in [4.69, 9.17) is 4.74 Å². The highest BCUT2D eigenvalue weighted by molar-refractivity contribution is 5.92. The summed E-state index contributed by atoms with van der Waals surface area (Å²) in [5.41, 5.74) is 1.44. The van der Waals surface area contributed by atoms with Gasteiger partial charge in [-0.25, -0.2) is 4.68 Å². The zero-order valence-electron chi connectivity index (χ0n) is 14.3. The van der Waals surface area contributed by atoms with Crippen LogP contribution in [0.5, 0.6) is 0 Å². The molecule has 1 aliphatic heterocycles. The van der Waals surface area contributed by atoms with Gasteiger partial charge < -0.3 is 9.64 Å². The number of rotatable bonds is 5. The highest BCUT2D eigenvalue weighted by Crippen LogP contribution is 2.20. The van der Waals surface area contributed by atoms with E-state index in [1.54, 1.807) is 22.7 Å². The maximum Gasteiger partial charge on any atom is 0.309 e. The van der Waals surface area contributed by atoms with Crippen molar-refractivity contribution in [3.05, 3.63) is 47.8 Å². The number of hydrogen-bond donors (Lipinski definition) is 0. The third-order valence-corrected chi connectivity index (χ3v) is 4.35. The van der Waals surface area contributed by atoms with E-state index < -0.39 is 0 Å². The van der Waals surface area contributed by atoms with Crippen molar-refractivity contribution in [3.8, 4) is 0 Å². The molecule has 2 aromatic rings. The van der Waals surface area contributed by atoms with Gasteiger partial charge in [0.1, 0.15) is 0 Å². The minimum atomic E-state index is -0.164. The van der Waals surface area contributed by atoms with Crippen LogP contribution in [0.15, 0.2) is 36.5 Å². The lowest BCUT2D eigenvalue weighted by molar-refractivity contribution is -0.149. The van der Waals surface area contributed by atoms with E-state index in [-0.39, 0.29) is 17.8 Å². The molecular weight excluding hydrogens is 320 g/mol. The maximum absolute atomic E-state index is 12.6. The summed E-state index contributed by atoms with van der Waals surface area (Å²) >= 11 is 0. The van der Waals surface area contributed by atoms with Gasteiger partial charge in [-0.05, 0) is 25.3 Å². The lowest BCUT2D eigenvalue weighted by atomic mass is 9.97. The molecule has 7 nitrogen and oxygen atoms in total. The Hall–Kier alpha value is -2.70. The van der Waals surface area contributed by atoms with Gasteiger partial charge in [0.05, 0.1) is 25.3 Å². The molecule has 0 atom stereocenters. The Labute approximate surface area is 146 Å². The van der Waals surface area contributed by atoms with Gasteiger partial charge in [-0.3, -0.25) is 9.59 Å². The molecule has 0 unspecified atom stereocenters. The van der Waals surface area contributed by atoms with Crippen LogP contribution in [0, 0.1) is 5.92 Å². The van der Waals surface area contributed by atoms with Crippen LogP contribution in [0.2, 0.25) is 0 Å². The molecule has 132 valence electrons. The SMILES string of the molecule is CCOC(=O)C1CCN(C(=O)c2cn(Cc3ccccc3)nn2)CC1. The molecule has 1 aromatic heterocycles. The van der Waals surface area contributed by atoms with Gasteiger partial charge in [0.15, 0.2) is 5.69 Å². The standard InChI is InChI=1S/C18H22N4O3/c1-2-25-18(24)15-8-10-21(11-9-15)17(23)16-13-22(20-19-16)12-14-6-4-3-5-7-14/h3-7,13,15H,2,8-12H2,1H3. The maximum atomic E-state index is 12.6. The average molecular weight is 342 g/mol. The first-order chi connectivity index (χ1) is 12.2. The molecular formula is C18H22N4O3. The summed E-state index contributed by atoms with van der Waals surface area (Å²) in [5.74, 6) is -0.414. The molecule has 0 saturated carbocycles. The summed E-state index contributed by atoms with van der Waals surface area (Å²) in [6, 6.07) is 9.89. The number of ether oxygens (including phenoxy) is 1. The lowest BCUT2D eigenvalue weighted by Gasteiger charge is -2.30. The molecule has 0 spiro atoms. The predicted molar refractivity (Wildman–Crippen MR) is 90.8 cm³/mol. The molecule has 0 bridgehead atoms. The first-order valence-corrected chi connectivity index (χ1v) is 8.57. The molecule has 0 radical (unpaired) electrons. The lowest BCUT2D eigenvalue weighted by Crippen LogP contribution is -2.40. The number of amides is 1. The van der Waals surface area contributed by atoms with Gasteiger partial charge >= 0.3 is 5.97 Å². The number of piperidine rings is 1. The van der Waals surface area contributed by atoms with Crippen molar-refractivity contribution in [3.63, 3.8) is 0 Å². The molecule has 0 aliphatic carbocycles. The summed E-state index contributed by atoms with van der Waals surface area (Å²) < 4.78 is 6.71. The van der Waals surface area contributed by atoms with Gasteiger partial charge in [0, 0.05) is 13.1 Å². The molecule has 1 aliphatic rings. The Morgan fingerprint density at radius 2 is 1.92 bits per heavy atom. The molecule has 1 saturated heterocycles. The first kappa shape index (κ1) is 17.1. The van der Waals surface area contributed by atoms with Crippen LogP contribution in [-0.2, 0) is 16.1 Å². The number of hydrogen-bond acceptors (Lipinski definition) is 5. The summed E-state index contributed by atoms with van der Waals surface area (Å²) in [7, 11) is 0. The molecule has 1 fully saturated rings. The third kappa shape index (κ3) is 4.23. The second kappa shape index (κ2) is 7.92. The van der Waals surface area contributed by atoms with Crippen LogP contribution in [0.3, 0.4) is 0 Å². The van der Waals surface area contributed by atoms with Crippen LogP contribution in [0.25, 0.3) is 0 Å². The topological polar surface area (TPSA) is 77.3 Å². The van der Waals surface area contributed by atoms with Crippen molar-refractivity contribution < 1.29 is 14.3 Å². The van der Waals surface area contributed by atoms with E-state index in [0.717, 1.165) is 5.56 Å². The van der Waals surface area contributed by atoms with E-state index in [0.29, 0.717) is 44.8 Å².